The average molecular weight is 647 g/mol. The number of aryl methyl sites for hydroxylation is 3. The molecule has 2 nitrogen and oxygen atoms in total. The Bertz CT molecular complexity index is 2040. The topological polar surface area (TPSA) is 34.1 Å². The molecule has 0 radical (unpaired) electrons. The summed E-state index contributed by atoms with van der Waals surface area (Å²) in [6.07, 6.45) is 1.63. The Morgan fingerprint density at radius 2 is 0.936 bits per heavy atom. The molecule has 47 heavy (non-hydrogen) atoms. The van der Waals surface area contributed by atoms with Crippen molar-refractivity contribution >= 4 is 35.1 Å². The van der Waals surface area contributed by atoms with Gasteiger partial charge in [-0.05, 0) is 78.4 Å². The molecule has 6 aromatic rings. The van der Waals surface area contributed by atoms with Gasteiger partial charge in [0.1, 0.15) is 0 Å². The second kappa shape index (κ2) is 13.2. The van der Waals surface area contributed by atoms with Crippen LogP contribution in [0.5, 0.6) is 0 Å². The molecule has 2 heterocycles. The smallest absolute Gasteiger partial charge is 0.193 e. The first-order valence-electron chi connectivity index (χ1n) is 15.8. The van der Waals surface area contributed by atoms with Gasteiger partial charge in [0, 0.05) is 54.7 Å². The van der Waals surface area contributed by atoms with Crippen LogP contribution in [0.3, 0.4) is 0 Å². The van der Waals surface area contributed by atoms with Crippen molar-refractivity contribution in [2.75, 3.05) is 0 Å². The summed E-state index contributed by atoms with van der Waals surface area (Å²) in [5.74, 6) is 0.254. The number of carbonyl (C=O) groups is 2. The molecule has 0 saturated carbocycles. The molecule has 2 aliphatic rings. The van der Waals surface area contributed by atoms with E-state index < -0.39 is 0 Å². The first kappa shape index (κ1) is 31.0. The number of fused-ring (bicyclic) bond motifs is 4. The Morgan fingerprint density at radius 1 is 0.489 bits per heavy atom. The lowest BCUT2D eigenvalue weighted by molar-refractivity contribution is 0.102. The molecule has 0 unspecified atom stereocenters. The fourth-order valence-electron chi connectivity index (χ4n) is 6.65. The third-order valence-corrected chi connectivity index (χ3v) is 11.3. The number of ketones is 2. The zero-order chi connectivity index (χ0) is 32.5. The summed E-state index contributed by atoms with van der Waals surface area (Å²) in [4.78, 5) is 31.2. The van der Waals surface area contributed by atoms with Gasteiger partial charge in [0.15, 0.2) is 11.6 Å². The lowest BCUT2D eigenvalue weighted by Crippen LogP contribution is -2.13. The molecule has 0 bridgehead atoms. The molecule has 6 aromatic carbocycles. The molecule has 0 saturated heterocycles. The molecular weight excluding hydrogens is 613 g/mol. The van der Waals surface area contributed by atoms with Crippen LogP contribution in [0.2, 0.25) is 0 Å². The molecule has 0 atom stereocenters. The SMILES string of the molecule is Cc1cc(C)c(C(=O)c2ccccc2)c(C)c1.O=C(c1cccc2c1Cc1ccccc1S2)c1cccc2c1Cc1ccccc1S2. The van der Waals surface area contributed by atoms with Gasteiger partial charge < -0.3 is 0 Å². The van der Waals surface area contributed by atoms with Gasteiger partial charge in [-0.3, -0.25) is 9.59 Å². The summed E-state index contributed by atoms with van der Waals surface area (Å²) in [7, 11) is 0. The Labute approximate surface area is 285 Å². The van der Waals surface area contributed by atoms with Crippen molar-refractivity contribution in [3.63, 3.8) is 0 Å². The van der Waals surface area contributed by atoms with Crippen molar-refractivity contribution in [3.8, 4) is 0 Å². The molecule has 8 rings (SSSR count). The van der Waals surface area contributed by atoms with Gasteiger partial charge >= 0.3 is 0 Å². The van der Waals surface area contributed by atoms with Gasteiger partial charge in [0.2, 0.25) is 0 Å². The van der Waals surface area contributed by atoms with Crippen molar-refractivity contribution in [2.45, 2.75) is 53.2 Å². The van der Waals surface area contributed by atoms with E-state index >= 15 is 0 Å². The zero-order valence-electron chi connectivity index (χ0n) is 26.7. The van der Waals surface area contributed by atoms with Gasteiger partial charge in [-0.25, -0.2) is 0 Å². The van der Waals surface area contributed by atoms with Gasteiger partial charge in [0.25, 0.3) is 0 Å². The third-order valence-electron chi connectivity index (χ3n) is 8.81. The second-order valence-corrected chi connectivity index (χ2v) is 14.3. The van der Waals surface area contributed by atoms with E-state index in [1.807, 2.05) is 68.4 Å². The maximum Gasteiger partial charge on any atom is 0.193 e. The lowest BCUT2D eigenvalue weighted by atomic mass is 9.90. The van der Waals surface area contributed by atoms with Gasteiger partial charge in [-0.2, -0.15) is 0 Å². The summed E-state index contributed by atoms with van der Waals surface area (Å²) in [5.41, 5.74) is 11.5. The van der Waals surface area contributed by atoms with E-state index in [1.165, 1.54) is 36.3 Å². The van der Waals surface area contributed by atoms with E-state index in [4.69, 9.17) is 0 Å². The molecular formula is C43H34O2S2. The predicted octanol–water partition coefficient (Wildman–Crippen LogP) is 10.9. The van der Waals surface area contributed by atoms with Crippen molar-refractivity contribution in [1.82, 2.24) is 0 Å². The average Bonchev–Trinajstić information content (AvgIpc) is 3.09. The zero-order valence-corrected chi connectivity index (χ0v) is 28.3. The van der Waals surface area contributed by atoms with Crippen molar-refractivity contribution in [1.29, 1.82) is 0 Å². The summed E-state index contributed by atoms with van der Waals surface area (Å²) in [5, 5.41) is 0. The predicted molar refractivity (Wildman–Crippen MR) is 194 cm³/mol. The van der Waals surface area contributed by atoms with Crippen molar-refractivity contribution < 1.29 is 9.59 Å². The monoisotopic (exact) mass is 646 g/mol. The molecule has 0 aromatic heterocycles. The van der Waals surface area contributed by atoms with Gasteiger partial charge in [-0.1, -0.05) is 132 Å². The Morgan fingerprint density at radius 3 is 1.45 bits per heavy atom. The van der Waals surface area contributed by atoms with Crippen LogP contribution in [0.25, 0.3) is 0 Å². The fraction of sp³-hybridized carbons (Fsp3) is 0.116. The van der Waals surface area contributed by atoms with Gasteiger partial charge in [-0.15, -0.1) is 0 Å². The van der Waals surface area contributed by atoms with Crippen LogP contribution in [0.15, 0.2) is 147 Å². The highest BCUT2D eigenvalue weighted by Gasteiger charge is 2.26. The molecule has 0 fully saturated rings. The van der Waals surface area contributed by atoms with E-state index in [1.54, 1.807) is 23.5 Å². The minimum absolute atomic E-state index is 0.112. The van der Waals surface area contributed by atoms with E-state index in [0.717, 1.165) is 57.3 Å². The third kappa shape index (κ3) is 6.24. The van der Waals surface area contributed by atoms with Crippen LogP contribution in [0, 0.1) is 20.8 Å². The molecule has 4 heteroatoms. The van der Waals surface area contributed by atoms with Crippen LogP contribution in [-0.2, 0) is 12.8 Å². The van der Waals surface area contributed by atoms with E-state index in [9.17, 15) is 9.59 Å². The highest BCUT2D eigenvalue weighted by Crippen LogP contribution is 2.43. The molecule has 0 amide bonds. The second-order valence-electron chi connectivity index (χ2n) is 12.1. The molecule has 230 valence electrons. The largest absolute Gasteiger partial charge is 0.289 e. The summed E-state index contributed by atoms with van der Waals surface area (Å²) in [6.45, 7) is 6.04. The van der Waals surface area contributed by atoms with Crippen LogP contribution in [-0.4, -0.2) is 11.6 Å². The molecule has 2 aliphatic heterocycles. The van der Waals surface area contributed by atoms with E-state index in [2.05, 4.69) is 79.7 Å². The highest BCUT2D eigenvalue weighted by molar-refractivity contribution is 7.99. The molecule has 0 N–H and O–H groups in total. The summed E-state index contributed by atoms with van der Waals surface area (Å²) >= 11 is 3.54. The summed E-state index contributed by atoms with van der Waals surface area (Å²) in [6, 6.07) is 42.9. The Balaban J connectivity index is 0.000000176. The first-order chi connectivity index (χ1) is 22.9. The minimum atomic E-state index is 0.112. The van der Waals surface area contributed by atoms with E-state index in [0.29, 0.717) is 0 Å². The maximum atomic E-state index is 13.8. The quantitative estimate of drug-likeness (QED) is 0.178. The number of carbonyl (C=O) groups excluding carboxylic acids is 2. The van der Waals surface area contributed by atoms with E-state index in [-0.39, 0.29) is 11.6 Å². The Hall–Kier alpha value is -4.64. The van der Waals surface area contributed by atoms with Crippen LogP contribution >= 0.6 is 23.5 Å². The normalized spacial score (nSPS) is 12.4. The molecule has 0 aliphatic carbocycles. The number of rotatable bonds is 4. The number of benzene rings is 6. The Kier molecular flexibility index (Phi) is 8.72. The maximum absolute atomic E-state index is 13.8. The van der Waals surface area contributed by atoms with Crippen molar-refractivity contribution in [2.24, 2.45) is 0 Å². The number of hydrogen-bond donors (Lipinski definition) is 0. The standard InChI is InChI=1S/C27H18OS2.C16H16O/c28-27(19-9-5-13-25-21(19)15-17-7-1-3-11-23(17)29-25)20-10-6-14-26-22(20)16-18-8-2-4-12-24(18)30-26;1-11-9-12(2)15(13(3)10-11)16(17)14-7-5-4-6-8-14/h1-14H,15-16H2;4-10H,1-3H3. The summed E-state index contributed by atoms with van der Waals surface area (Å²) < 4.78 is 0. The first-order valence-corrected chi connectivity index (χ1v) is 17.5. The van der Waals surface area contributed by atoms with Gasteiger partial charge in [0.05, 0.1) is 0 Å². The van der Waals surface area contributed by atoms with Crippen molar-refractivity contribution in [3.05, 3.63) is 189 Å². The minimum Gasteiger partial charge on any atom is -0.289 e. The number of hydrogen-bond acceptors (Lipinski definition) is 4. The van der Waals surface area contributed by atoms with Crippen LogP contribution < -0.4 is 0 Å². The molecule has 0 spiro atoms. The fourth-order valence-corrected chi connectivity index (χ4v) is 8.86. The van der Waals surface area contributed by atoms with Crippen LogP contribution in [0.1, 0.15) is 70.8 Å². The van der Waals surface area contributed by atoms with Crippen LogP contribution in [0.4, 0.5) is 0 Å². The lowest BCUT2D eigenvalue weighted by Gasteiger charge is -2.23. The highest BCUT2D eigenvalue weighted by atomic mass is 32.2.